The summed E-state index contributed by atoms with van der Waals surface area (Å²) < 4.78 is 3.82. The average molecular weight is 366 g/mol. The fraction of sp³-hybridized carbons (Fsp3) is 0.556. The molecule has 1 amide bonds. The van der Waals surface area contributed by atoms with Crippen LogP contribution in [0.1, 0.15) is 65.5 Å². The van der Waals surface area contributed by atoms with Gasteiger partial charge in [-0.15, -0.1) is 15.3 Å². The van der Waals surface area contributed by atoms with Gasteiger partial charge >= 0.3 is 0 Å². The third-order valence-corrected chi connectivity index (χ3v) is 5.42. The summed E-state index contributed by atoms with van der Waals surface area (Å²) >= 11 is 0. The van der Waals surface area contributed by atoms with Gasteiger partial charge in [-0.3, -0.25) is 4.79 Å². The number of carbonyl (C=O) groups is 1. The topological polar surface area (TPSA) is 94.1 Å². The van der Waals surface area contributed by atoms with Crippen molar-refractivity contribution in [3.8, 4) is 0 Å². The van der Waals surface area contributed by atoms with E-state index >= 15 is 0 Å². The molecule has 0 aromatic carbocycles. The highest BCUT2D eigenvalue weighted by Gasteiger charge is 2.33. The summed E-state index contributed by atoms with van der Waals surface area (Å²) in [6.45, 7) is 5.19. The Morgan fingerprint density at radius 1 is 1.19 bits per heavy atom. The van der Waals surface area contributed by atoms with Crippen LogP contribution in [-0.2, 0) is 0 Å². The van der Waals surface area contributed by atoms with Crippen molar-refractivity contribution in [2.24, 2.45) is 0 Å². The first-order valence-electron chi connectivity index (χ1n) is 9.50. The Balaban J connectivity index is 1.40. The van der Waals surface area contributed by atoms with Crippen LogP contribution in [0.3, 0.4) is 0 Å². The van der Waals surface area contributed by atoms with Crippen LogP contribution in [0.15, 0.2) is 12.4 Å². The quantitative estimate of drug-likeness (QED) is 0.700. The largest absolute Gasteiger partial charge is 0.335 e. The molecule has 1 unspecified atom stereocenters. The second-order valence-electron chi connectivity index (χ2n) is 7.60. The van der Waals surface area contributed by atoms with Crippen molar-refractivity contribution in [1.29, 1.82) is 0 Å². The predicted octanol–water partition coefficient (Wildman–Crippen LogP) is 1.69. The summed E-state index contributed by atoms with van der Waals surface area (Å²) in [6, 6.07) is 2.47. The van der Waals surface area contributed by atoms with E-state index in [1.165, 1.54) is 12.8 Å². The van der Waals surface area contributed by atoms with Crippen molar-refractivity contribution in [2.75, 3.05) is 13.1 Å². The molecular weight excluding hydrogens is 344 g/mol. The van der Waals surface area contributed by atoms with Gasteiger partial charge in [0.1, 0.15) is 12.2 Å². The molecule has 0 spiro atoms. The third kappa shape index (κ3) is 2.87. The number of piperidine rings is 1. The molecule has 0 bridgehead atoms. The number of carbonyl (C=O) groups excluding carboxylic acids is 1. The Bertz CT molecular complexity index is 1020. The SMILES string of the molecule is Cc1cc(C)n2nc(C(=O)N3CCCC(c4nncn4C4CC4)C3)nc2n1. The number of rotatable bonds is 3. The first-order chi connectivity index (χ1) is 13.1. The Hall–Kier alpha value is -2.84. The molecule has 1 saturated carbocycles. The number of aryl methyl sites for hydroxylation is 2. The molecule has 0 N–H and O–H groups in total. The summed E-state index contributed by atoms with van der Waals surface area (Å²) in [7, 11) is 0. The summed E-state index contributed by atoms with van der Waals surface area (Å²) in [4.78, 5) is 23.6. The van der Waals surface area contributed by atoms with Crippen LogP contribution in [0, 0.1) is 13.8 Å². The van der Waals surface area contributed by atoms with Gasteiger partial charge in [-0.05, 0) is 45.6 Å². The average Bonchev–Trinajstić information content (AvgIpc) is 3.22. The number of hydrogen-bond acceptors (Lipinski definition) is 6. The highest BCUT2D eigenvalue weighted by Crippen LogP contribution is 2.38. The number of fused-ring (bicyclic) bond motifs is 1. The highest BCUT2D eigenvalue weighted by atomic mass is 16.2. The van der Waals surface area contributed by atoms with Crippen LogP contribution in [-0.4, -0.2) is 58.2 Å². The van der Waals surface area contributed by atoms with E-state index in [1.54, 1.807) is 4.52 Å². The van der Waals surface area contributed by atoms with Gasteiger partial charge in [0.2, 0.25) is 5.82 Å². The molecule has 27 heavy (non-hydrogen) atoms. The lowest BCUT2D eigenvalue weighted by atomic mass is 9.97. The normalized spacial score (nSPS) is 20.4. The first-order valence-corrected chi connectivity index (χ1v) is 9.50. The molecule has 5 rings (SSSR count). The van der Waals surface area contributed by atoms with Crippen LogP contribution in [0.25, 0.3) is 5.78 Å². The fourth-order valence-electron chi connectivity index (χ4n) is 3.95. The molecule has 4 heterocycles. The van der Waals surface area contributed by atoms with E-state index in [0.717, 1.165) is 30.1 Å². The van der Waals surface area contributed by atoms with Crippen molar-refractivity contribution < 1.29 is 4.79 Å². The van der Waals surface area contributed by atoms with Gasteiger partial charge in [-0.1, -0.05) is 0 Å². The molecule has 9 heteroatoms. The van der Waals surface area contributed by atoms with Crippen molar-refractivity contribution in [1.82, 2.24) is 39.2 Å². The Labute approximate surface area is 156 Å². The van der Waals surface area contributed by atoms with Crippen molar-refractivity contribution >= 4 is 11.7 Å². The zero-order valence-corrected chi connectivity index (χ0v) is 15.5. The second-order valence-corrected chi connectivity index (χ2v) is 7.60. The lowest BCUT2D eigenvalue weighted by Gasteiger charge is -2.31. The van der Waals surface area contributed by atoms with Crippen LogP contribution in [0.5, 0.6) is 0 Å². The first kappa shape index (κ1) is 16.3. The number of aromatic nitrogens is 7. The van der Waals surface area contributed by atoms with Crippen molar-refractivity contribution in [3.63, 3.8) is 0 Å². The van der Waals surface area contributed by atoms with Gasteiger partial charge in [0, 0.05) is 36.4 Å². The van der Waals surface area contributed by atoms with Crippen molar-refractivity contribution in [3.05, 3.63) is 35.4 Å². The molecule has 1 aliphatic carbocycles. The molecular formula is C18H22N8O. The molecule has 0 radical (unpaired) electrons. The molecule has 1 saturated heterocycles. The highest BCUT2D eigenvalue weighted by molar-refractivity contribution is 5.91. The van der Waals surface area contributed by atoms with Gasteiger partial charge in [-0.2, -0.15) is 4.98 Å². The van der Waals surface area contributed by atoms with E-state index in [0.29, 0.717) is 24.9 Å². The molecule has 3 aromatic rings. The van der Waals surface area contributed by atoms with Gasteiger partial charge in [0.25, 0.3) is 11.7 Å². The zero-order chi connectivity index (χ0) is 18.5. The minimum Gasteiger partial charge on any atom is -0.335 e. The van der Waals surface area contributed by atoms with Gasteiger partial charge < -0.3 is 9.47 Å². The van der Waals surface area contributed by atoms with E-state index in [2.05, 4.69) is 29.8 Å². The maximum absolute atomic E-state index is 13.0. The molecule has 2 aliphatic rings. The zero-order valence-electron chi connectivity index (χ0n) is 15.5. The smallest absolute Gasteiger partial charge is 0.293 e. The maximum Gasteiger partial charge on any atom is 0.293 e. The second kappa shape index (κ2) is 6.11. The lowest BCUT2D eigenvalue weighted by molar-refractivity contribution is 0.0691. The molecule has 1 atom stereocenters. The Kier molecular flexibility index (Phi) is 3.70. The summed E-state index contributed by atoms with van der Waals surface area (Å²) in [5.74, 6) is 1.76. The molecule has 2 fully saturated rings. The van der Waals surface area contributed by atoms with Crippen LogP contribution in [0.2, 0.25) is 0 Å². The van der Waals surface area contributed by atoms with Crippen molar-refractivity contribution in [2.45, 2.75) is 51.5 Å². The number of amides is 1. The van der Waals surface area contributed by atoms with E-state index in [4.69, 9.17) is 0 Å². The molecule has 140 valence electrons. The van der Waals surface area contributed by atoms with E-state index < -0.39 is 0 Å². The monoisotopic (exact) mass is 366 g/mol. The predicted molar refractivity (Wildman–Crippen MR) is 96.4 cm³/mol. The Morgan fingerprint density at radius 3 is 2.85 bits per heavy atom. The summed E-state index contributed by atoms with van der Waals surface area (Å²) in [5.41, 5.74) is 1.78. The van der Waals surface area contributed by atoms with Crippen LogP contribution in [0.4, 0.5) is 0 Å². The van der Waals surface area contributed by atoms with E-state index in [1.807, 2.05) is 31.1 Å². The molecule has 1 aliphatic heterocycles. The van der Waals surface area contributed by atoms with E-state index in [-0.39, 0.29) is 17.6 Å². The maximum atomic E-state index is 13.0. The number of likely N-dealkylation sites (tertiary alicyclic amines) is 1. The fourth-order valence-corrected chi connectivity index (χ4v) is 3.95. The number of hydrogen-bond donors (Lipinski definition) is 0. The lowest BCUT2D eigenvalue weighted by Crippen LogP contribution is -2.40. The summed E-state index contributed by atoms with van der Waals surface area (Å²) in [6.07, 6.45) is 6.17. The number of nitrogens with zero attached hydrogens (tertiary/aromatic N) is 8. The third-order valence-electron chi connectivity index (χ3n) is 5.42. The van der Waals surface area contributed by atoms with E-state index in [9.17, 15) is 4.79 Å². The van der Waals surface area contributed by atoms with Gasteiger partial charge in [-0.25, -0.2) is 9.50 Å². The summed E-state index contributed by atoms with van der Waals surface area (Å²) in [5, 5.41) is 12.9. The van der Waals surface area contributed by atoms with Gasteiger partial charge in [0.15, 0.2) is 0 Å². The minimum atomic E-state index is -0.139. The minimum absolute atomic E-state index is 0.139. The molecule has 9 nitrogen and oxygen atoms in total. The van der Waals surface area contributed by atoms with Crippen LogP contribution >= 0.6 is 0 Å². The standard InChI is InChI=1S/C18H22N8O/c1-11-8-12(2)26-18(20-11)21-15(23-26)17(27)24-7-3-4-13(9-24)16-22-19-10-25(16)14-5-6-14/h8,10,13-14H,3-7,9H2,1-2H3. The molecule has 3 aromatic heterocycles. The van der Waals surface area contributed by atoms with Gasteiger partial charge in [0.05, 0.1) is 0 Å². The Morgan fingerprint density at radius 2 is 2.04 bits per heavy atom. The van der Waals surface area contributed by atoms with Crippen LogP contribution < -0.4 is 0 Å².